The molecule has 0 heterocycles. The van der Waals surface area contributed by atoms with Crippen LogP contribution in [0.1, 0.15) is 17.3 Å². The number of anilines is 1. The van der Waals surface area contributed by atoms with Crippen LogP contribution in [0.15, 0.2) is 30.9 Å². The molecule has 0 aliphatic rings. The number of hydrogen-bond acceptors (Lipinski definition) is 3. The summed E-state index contributed by atoms with van der Waals surface area (Å²) < 4.78 is 0. The second kappa shape index (κ2) is 6.44. The van der Waals surface area contributed by atoms with Crippen LogP contribution >= 0.6 is 0 Å². The van der Waals surface area contributed by atoms with Crippen molar-refractivity contribution in [1.82, 2.24) is 4.90 Å². The first-order chi connectivity index (χ1) is 9.01. The summed E-state index contributed by atoms with van der Waals surface area (Å²) >= 11 is 0. The molecule has 0 saturated heterocycles. The number of urea groups is 1. The minimum absolute atomic E-state index is 0.0624. The van der Waals surface area contributed by atoms with Gasteiger partial charge in [-0.15, -0.1) is 6.58 Å². The lowest BCUT2D eigenvalue weighted by molar-refractivity contribution is 0.0693. The smallest absolute Gasteiger partial charge is 0.339 e. The highest BCUT2D eigenvalue weighted by Crippen LogP contribution is 2.27. The van der Waals surface area contributed by atoms with Crippen LogP contribution in [0.2, 0.25) is 0 Å². The first-order valence-corrected chi connectivity index (χ1v) is 5.73. The minimum atomic E-state index is -1.26. The quantitative estimate of drug-likeness (QED) is 0.561. The summed E-state index contributed by atoms with van der Waals surface area (Å²) in [5.41, 5.74) is -0.197. The molecular weight excluding hydrogens is 248 g/mol. The molecule has 19 heavy (non-hydrogen) atoms. The monoisotopic (exact) mass is 264 g/mol. The molecule has 1 aromatic carbocycles. The predicted octanol–water partition coefficient (Wildman–Crippen LogP) is 2.13. The molecule has 6 nitrogen and oxygen atoms in total. The van der Waals surface area contributed by atoms with Crippen molar-refractivity contribution in [3.05, 3.63) is 36.4 Å². The van der Waals surface area contributed by atoms with E-state index in [2.05, 4.69) is 11.9 Å². The molecule has 0 bridgehead atoms. The summed E-state index contributed by atoms with van der Waals surface area (Å²) in [6.45, 7) is 6.18. The van der Waals surface area contributed by atoms with Crippen LogP contribution in [0, 0.1) is 0 Å². The van der Waals surface area contributed by atoms with Crippen molar-refractivity contribution in [2.24, 2.45) is 0 Å². The summed E-state index contributed by atoms with van der Waals surface area (Å²) in [6, 6.07) is 3.71. The molecule has 0 unspecified atom stereocenters. The van der Waals surface area contributed by atoms with Crippen LogP contribution < -0.4 is 5.32 Å². The SMILES string of the molecule is C=CCN(CC)C(=O)Nc1cccc(C(=O)O)c1O. The molecule has 6 heteroatoms. The van der Waals surface area contributed by atoms with Crippen LogP contribution in [0.4, 0.5) is 10.5 Å². The molecule has 0 aliphatic carbocycles. The average molecular weight is 264 g/mol. The van der Waals surface area contributed by atoms with Gasteiger partial charge in [-0.1, -0.05) is 12.1 Å². The predicted molar refractivity (Wildman–Crippen MR) is 71.5 cm³/mol. The Kier molecular flexibility index (Phi) is 4.93. The number of benzene rings is 1. The van der Waals surface area contributed by atoms with E-state index in [9.17, 15) is 14.7 Å². The van der Waals surface area contributed by atoms with Crippen molar-refractivity contribution in [1.29, 1.82) is 0 Å². The van der Waals surface area contributed by atoms with Crippen molar-refractivity contribution in [3.63, 3.8) is 0 Å². The number of nitrogens with one attached hydrogen (secondary N) is 1. The first-order valence-electron chi connectivity index (χ1n) is 5.73. The zero-order valence-electron chi connectivity index (χ0n) is 10.6. The largest absolute Gasteiger partial charge is 0.505 e. The fourth-order valence-electron chi connectivity index (χ4n) is 1.52. The number of carboxylic acid groups (broad SMARTS) is 1. The fourth-order valence-corrected chi connectivity index (χ4v) is 1.52. The van der Waals surface area contributed by atoms with Crippen LogP contribution in [0.3, 0.4) is 0 Å². The van der Waals surface area contributed by atoms with E-state index in [1.165, 1.54) is 23.1 Å². The average Bonchev–Trinajstić information content (AvgIpc) is 2.37. The molecule has 0 fully saturated rings. The number of carbonyl (C=O) groups is 2. The van der Waals surface area contributed by atoms with E-state index < -0.39 is 17.7 Å². The number of phenols is 1. The van der Waals surface area contributed by atoms with Crippen molar-refractivity contribution in [2.75, 3.05) is 18.4 Å². The highest BCUT2D eigenvalue weighted by atomic mass is 16.4. The van der Waals surface area contributed by atoms with Gasteiger partial charge in [0.2, 0.25) is 0 Å². The molecule has 3 N–H and O–H groups in total. The number of rotatable bonds is 5. The number of carboxylic acids is 1. The van der Waals surface area contributed by atoms with E-state index in [0.29, 0.717) is 13.1 Å². The van der Waals surface area contributed by atoms with Crippen LogP contribution in [0.25, 0.3) is 0 Å². The number of para-hydroxylation sites is 1. The second-order valence-corrected chi connectivity index (χ2v) is 3.76. The standard InChI is InChI=1S/C13H16N2O4/c1-3-8-15(4-2)13(19)14-10-7-5-6-9(11(10)16)12(17)18/h3,5-7,16H,1,4,8H2,2H3,(H,14,19)(H,17,18). The Hall–Kier alpha value is -2.50. The van der Waals surface area contributed by atoms with E-state index in [1.807, 2.05) is 0 Å². The molecule has 2 amide bonds. The lowest BCUT2D eigenvalue weighted by Crippen LogP contribution is -2.34. The summed E-state index contributed by atoms with van der Waals surface area (Å²) in [5.74, 6) is -1.72. The topological polar surface area (TPSA) is 89.9 Å². The van der Waals surface area contributed by atoms with E-state index >= 15 is 0 Å². The molecule has 0 atom stereocenters. The highest BCUT2D eigenvalue weighted by molar-refractivity contribution is 5.97. The zero-order valence-corrected chi connectivity index (χ0v) is 10.6. The Morgan fingerprint density at radius 2 is 2.16 bits per heavy atom. The summed E-state index contributed by atoms with van der Waals surface area (Å²) in [4.78, 5) is 24.2. The van der Waals surface area contributed by atoms with Gasteiger partial charge in [-0.05, 0) is 19.1 Å². The second-order valence-electron chi connectivity index (χ2n) is 3.76. The molecule has 1 rings (SSSR count). The maximum atomic E-state index is 11.9. The van der Waals surface area contributed by atoms with Crippen LogP contribution in [0.5, 0.6) is 5.75 Å². The zero-order chi connectivity index (χ0) is 14.4. The summed E-state index contributed by atoms with van der Waals surface area (Å²) in [6.07, 6.45) is 1.58. The van der Waals surface area contributed by atoms with Gasteiger partial charge in [0.05, 0.1) is 5.69 Å². The Balaban J connectivity index is 2.93. The molecule has 0 aliphatic heterocycles. The molecular formula is C13H16N2O4. The number of aromatic hydroxyl groups is 1. The van der Waals surface area contributed by atoms with Gasteiger partial charge in [-0.3, -0.25) is 0 Å². The third kappa shape index (κ3) is 3.48. The number of carbonyl (C=O) groups excluding carboxylic acids is 1. The van der Waals surface area contributed by atoms with Crippen molar-refractivity contribution in [2.45, 2.75) is 6.92 Å². The van der Waals surface area contributed by atoms with Crippen LogP contribution in [-0.4, -0.2) is 40.2 Å². The van der Waals surface area contributed by atoms with Crippen molar-refractivity contribution in [3.8, 4) is 5.75 Å². The molecule has 1 aromatic rings. The lowest BCUT2D eigenvalue weighted by atomic mass is 10.1. The lowest BCUT2D eigenvalue weighted by Gasteiger charge is -2.20. The summed E-state index contributed by atoms with van der Waals surface area (Å²) in [7, 11) is 0. The number of hydrogen-bond donors (Lipinski definition) is 3. The van der Waals surface area contributed by atoms with E-state index in [1.54, 1.807) is 13.0 Å². The Morgan fingerprint density at radius 1 is 1.47 bits per heavy atom. The molecule has 0 spiro atoms. The fraction of sp³-hybridized carbons (Fsp3) is 0.231. The summed E-state index contributed by atoms with van der Waals surface area (Å²) in [5, 5.41) is 21.1. The van der Waals surface area contributed by atoms with Gasteiger partial charge in [0.25, 0.3) is 0 Å². The third-order valence-electron chi connectivity index (χ3n) is 2.53. The molecule has 0 saturated carbocycles. The van der Waals surface area contributed by atoms with Gasteiger partial charge < -0.3 is 20.4 Å². The van der Waals surface area contributed by atoms with Crippen LogP contribution in [-0.2, 0) is 0 Å². The van der Waals surface area contributed by atoms with Crippen molar-refractivity contribution < 1.29 is 19.8 Å². The number of aromatic carboxylic acids is 1. The van der Waals surface area contributed by atoms with E-state index in [0.717, 1.165) is 0 Å². The molecule has 0 radical (unpaired) electrons. The van der Waals surface area contributed by atoms with Gasteiger partial charge >= 0.3 is 12.0 Å². The maximum absolute atomic E-state index is 11.9. The van der Waals surface area contributed by atoms with Gasteiger partial charge in [0, 0.05) is 13.1 Å². The van der Waals surface area contributed by atoms with E-state index in [-0.39, 0.29) is 11.3 Å². The number of likely N-dealkylation sites (N-methyl/N-ethyl adjacent to an activating group) is 1. The van der Waals surface area contributed by atoms with Gasteiger partial charge in [0.1, 0.15) is 5.56 Å². The van der Waals surface area contributed by atoms with Gasteiger partial charge in [-0.25, -0.2) is 9.59 Å². The highest BCUT2D eigenvalue weighted by Gasteiger charge is 2.16. The molecule has 102 valence electrons. The van der Waals surface area contributed by atoms with E-state index in [4.69, 9.17) is 5.11 Å². The first kappa shape index (κ1) is 14.6. The molecule has 0 aromatic heterocycles. The van der Waals surface area contributed by atoms with Crippen molar-refractivity contribution >= 4 is 17.7 Å². The third-order valence-corrected chi connectivity index (χ3v) is 2.53. The Labute approximate surface area is 111 Å². The normalized spacial score (nSPS) is 9.74. The Bertz CT molecular complexity index is 499. The van der Waals surface area contributed by atoms with Gasteiger partial charge in [0.15, 0.2) is 5.75 Å². The Morgan fingerprint density at radius 3 is 2.68 bits per heavy atom. The number of amides is 2. The maximum Gasteiger partial charge on any atom is 0.339 e. The number of nitrogens with zero attached hydrogens (tertiary/aromatic N) is 1. The minimum Gasteiger partial charge on any atom is -0.505 e. The van der Waals surface area contributed by atoms with Gasteiger partial charge in [-0.2, -0.15) is 0 Å².